The van der Waals surface area contributed by atoms with E-state index in [2.05, 4.69) is 29.0 Å². The van der Waals surface area contributed by atoms with E-state index in [1.165, 1.54) is 5.75 Å². The molecule has 1 aliphatic heterocycles. The van der Waals surface area contributed by atoms with E-state index < -0.39 is 0 Å². The summed E-state index contributed by atoms with van der Waals surface area (Å²) < 4.78 is 5.46. The fourth-order valence-corrected chi connectivity index (χ4v) is 3.62. The van der Waals surface area contributed by atoms with E-state index in [4.69, 9.17) is 10.3 Å². The maximum absolute atomic E-state index is 5.77. The van der Waals surface area contributed by atoms with Gasteiger partial charge < -0.3 is 10.3 Å². The van der Waals surface area contributed by atoms with Gasteiger partial charge in [-0.05, 0) is 26.8 Å². The lowest BCUT2D eigenvalue weighted by molar-refractivity contribution is 0.256. The Morgan fingerprint density at radius 3 is 2.95 bits per heavy atom. The number of nitrogens with zero attached hydrogens (tertiary/aromatic N) is 3. The zero-order valence-corrected chi connectivity index (χ0v) is 13.5. The molecule has 1 saturated heterocycles. The van der Waals surface area contributed by atoms with Crippen LogP contribution in [0.3, 0.4) is 0 Å². The fraction of sp³-hybridized carbons (Fsp3) is 0.857. The summed E-state index contributed by atoms with van der Waals surface area (Å²) >= 11 is 1.96. The number of thioether (sulfide) groups is 1. The number of rotatable bonds is 6. The van der Waals surface area contributed by atoms with Crippen LogP contribution in [0.2, 0.25) is 0 Å². The molecule has 1 aliphatic rings. The SMILES string of the molecule is CC(N)CCCC(C)c1nc(C2CSCCN2C)no1. The molecule has 0 amide bonds. The quantitative estimate of drug-likeness (QED) is 0.870. The van der Waals surface area contributed by atoms with E-state index >= 15 is 0 Å². The smallest absolute Gasteiger partial charge is 0.229 e. The number of hydrogen-bond donors (Lipinski definition) is 1. The number of hydrogen-bond acceptors (Lipinski definition) is 6. The Morgan fingerprint density at radius 2 is 2.25 bits per heavy atom. The Hall–Kier alpha value is -0.590. The van der Waals surface area contributed by atoms with Gasteiger partial charge in [0.1, 0.15) is 0 Å². The molecule has 5 nitrogen and oxygen atoms in total. The zero-order chi connectivity index (χ0) is 14.5. The van der Waals surface area contributed by atoms with Crippen LogP contribution in [0, 0.1) is 0 Å². The third-order valence-electron chi connectivity index (χ3n) is 3.87. The highest BCUT2D eigenvalue weighted by atomic mass is 32.2. The van der Waals surface area contributed by atoms with E-state index in [9.17, 15) is 0 Å². The van der Waals surface area contributed by atoms with Crippen LogP contribution in [0.4, 0.5) is 0 Å². The first-order chi connectivity index (χ1) is 9.58. The topological polar surface area (TPSA) is 68.2 Å². The van der Waals surface area contributed by atoms with Crippen molar-refractivity contribution < 1.29 is 4.52 Å². The second-order valence-electron chi connectivity index (χ2n) is 5.87. The zero-order valence-electron chi connectivity index (χ0n) is 12.7. The molecular formula is C14H26N4OS. The minimum absolute atomic E-state index is 0.272. The van der Waals surface area contributed by atoms with Crippen molar-refractivity contribution in [2.24, 2.45) is 5.73 Å². The molecule has 2 heterocycles. The predicted octanol–water partition coefficient (Wildman–Crippen LogP) is 2.41. The van der Waals surface area contributed by atoms with Crippen molar-refractivity contribution >= 4 is 11.8 Å². The third-order valence-corrected chi connectivity index (χ3v) is 4.89. The maximum atomic E-state index is 5.77. The summed E-state index contributed by atoms with van der Waals surface area (Å²) in [6.45, 7) is 5.28. The highest BCUT2D eigenvalue weighted by molar-refractivity contribution is 7.99. The van der Waals surface area contributed by atoms with Crippen LogP contribution >= 0.6 is 11.8 Å². The van der Waals surface area contributed by atoms with Crippen molar-refractivity contribution in [3.05, 3.63) is 11.7 Å². The van der Waals surface area contributed by atoms with Crippen LogP contribution < -0.4 is 5.73 Å². The molecular weight excluding hydrogens is 272 g/mol. The van der Waals surface area contributed by atoms with E-state index in [1.54, 1.807) is 0 Å². The van der Waals surface area contributed by atoms with Gasteiger partial charge in [0.25, 0.3) is 0 Å². The Bertz CT molecular complexity index is 410. The second-order valence-corrected chi connectivity index (χ2v) is 7.02. The molecule has 114 valence electrons. The van der Waals surface area contributed by atoms with Gasteiger partial charge in [-0.1, -0.05) is 18.5 Å². The molecule has 0 aromatic carbocycles. The lowest BCUT2D eigenvalue weighted by Gasteiger charge is -2.29. The molecule has 1 aromatic heterocycles. The summed E-state index contributed by atoms with van der Waals surface area (Å²) in [5.74, 6) is 4.17. The summed E-state index contributed by atoms with van der Waals surface area (Å²) in [5, 5.41) is 4.19. The highest BCUT2D eigenvalue weighted by Crippen LogP contribution is 2.28. The lowest BCUT2D eigenvalue weighted by atomic mass is 10.0. The normalized spacial score (nSPS) is 23.7. The summed E-state index contributed by atoms with van der Waals surface area (Å²) in [7, 11) is 2.13. The molecule has 0 saturated carbocycles. The summed E-state index contributed by atoms with van der Waals surface area (Å²) in [4.78, 5) is 6.93. The van der Waals surface area contributed by atoms with Crippen LogP contribution in [0.1, 0.15) is 56.8 Å². The van der Waals surface area contributed by atoms with Gasteiger partial charge in [-0.25, -0.2) is 0 Å². The molecule has 3 unspecified atom stereocenters. The average Bonchev–Trinajstić information content (AvgIpc) is 2.88. The van der Waals surface area contributed by atoms with Crippen molar-refractivity contribution in [1.29, 1.82) is 0 Å². The fourth-order valence-electron chi connectivity index (χ4n) is 2.41. The van der Waals surface area contributed by atoms with Crippen LogP contribution in [0.5, 0.6) is 0 Å². The van der Waals surface area contributed by atoms with Gasteiger partial charge in [-0.3, -0.25) is 4.90 Å². The minimum Gasteiger partial charge on any atom is -0.339 e. The maximum Gasteiger partial charge on any atom is 0.229 e. The average molecular weight is 298 g/mol. The lowest BCUT2D eigenvalue weighted by Crippen LogP contribution is -2.33. The molecule has 0 radical (unpaired) electrons. The Labute approximate surface area is 125 Å². The number of nitrogens with two attached hydrogens (primary N) is 1. The van der Waals surface area contributed by atoms with E-state index in [1.807, 2.05) is 18.7 Å². The molecule has 0 bridgehead atoms. The van der Waals surface area contributed by atoms with E-state index in [0.717, 1.165) is 43.3 Å². The molecule has 0 aliphatic carbocycles. The minimum atomic E-state index is 0.272. The van der Waals surface area contributed by atoms with Gasteiger partial charge >= 0.3 is 0 Å². The standard InChI is InChI=1S/C14H26N4OS/c1-10(5-4-6-11(2)15)14-16-13(17-19-14)12-9-20-8-7-18(12)3/h10-12H,4-9,15H2,1-3H3. The number of aromatic nitrogens is 2. The molecule has 2 N–H and O–H groups in total. The van der Waals surface area contributed by atoms with E-state index in [0.29, 0.717) is 12.0 Å². The predicted molar refractivity (Wildman–Crippen MR) is 82.9 cm³/mol. The molecule has 20 heavy (non-hydrogen) atoms. The van der Waals surface area contributed by atoms with Gasteiger partial charge in [-0.2, -0.15) is 16.7 Å². The van der Waals surface area contributed by atoms with Gasteiger partial charge in [0.15, 0.2) is 5.82 Å². The molecule has 6 heteroatoms. The summed E-state index contributed by atoms with van der Waals surface area (Å²) in [6.07, 6.45) is 3.21. The van der Waals surface area contributed by atoms with Crippen molar-refractivity contribution in [2.75, 3.05) is 25.1 Å². The van der Waals surface area contributed by atoms with E-state index in [-0.39, 0.29) is 6.04 Å². The van der Waals surface area contributed by atoms with Gasteiger partial charge in [-0.15, -0.1) is 0 Å². The van der Waals surface area contributed by atoms with Crippen LogP contribution in [-0.2, 0) is 0 Å². The largest absolute Gasteiger partial charge is 0.339 e. The molecule has 1 fully saturated rings. The Balaban J connectivity index is 1.90. The van der Waals surface area contributed by atoms with Crippen molar-refractivity contribution in [2.45, 2.75) is 51.1 Å². The van der Waals surface area contributed by atoms with Crippen molar-refractivity contribution in [1.82, 2.24) is 15.0 Å². The highest BCUT2D eigenvalue weighted by Gasteiger charge is 2.26. The van der Waals surface area contributed by atoms with Crippen molar-refractivity contribution in [3.8, 4) is 0 Å². The van der Waals surface area contributed by atoms with Gasteiger partial charge in [0.2, 0.25) is 5.89 Å². The van der Waals surface area contributed by atoms with Crippen LogP contribution in [0.25, 0.3) is 0 Å². The second kappa shape index (κ2) is 7.43. The summed E-state index contributed by atoms with van der Waals surface area (Å²) in [5.41, 5.74) is 5.77. The molecule has 1 aromatic rings. The monoisotopic (exact) mass is 298 g/mol. The molecule has 3 atom stereocenters. The van der Waals surface area contributed by atoms with Gasteiger partial charge in [0, 0.05) is 30.0 Å². The Kier molecular flexibility index (Phi) is 5.86. The molecule has 2 rings (SSSR count). The molecule has 0 spiro atoms. The third kappa shape index (κ3) is 4.20. The van der Waals surface area contributed by atoms with Crippen molar-refractivity contribution in [3.63, 3.8) is 0 Å². The van der Waals surface area contributed by atoms with Crippen LogP contribution in [0.15, 0.2) is 4.52 Å². The first kappa shape index (κ1) is 15.8. The first-order valence-corrected chi connectivity index (χ1v) is 8.60. The van der Waals surface area contributed by atoms with Gasteiger partial charge in [0.05, 0.1) is 6.04 Å². The first-order valence-electron chi connectivity index (χ1n) is 7.45. The Morgan fingerprint density at radius 1 is 1.45 bits per heavy atom. The van der Waals surface area contributed by atoms with Crippen LogP contribution in [-0.4, -0.2) is 46.2 Å². The summed E-state index contributed by atoms with van der Waals surface area (Å²) in [6, 6.07) is 0.566.